The molecule has 1 atom stereocenters. The first-order chi connectivity index (χ1) is 9.45. The molecule has 2 heterocycles. The van der Waals surface area contributed by atoms with Gasteiger partial charge in [0.05, 0.1) is 0 Å². The topological polar surface area (TPSA) is 80.7 Å². The monoisotopic (exact) mass is 274 g/mol. The molecule has 0 spiro atoms. The van der Waals surface area contributed by atoms with Crippen molar-refractivity contribution in [1.82, 2.24) is 14.3 Å². The number of hydrogen-bond acceptors (Lipinski definition) is 4. The number of carbonyl (C=O) groups is 1. The van der Waals surface area contributed by atoms with Crippen molar-refractivity contribution in [3.8, 4) is 0 Å². The molecule has 0 aromatic carbocycles. The molecular formula is C14H18N4O2. The summed E-state index contributed by atoms with van der Waals surface area (Å²) in [6.07, 6.45) is 2.96. The third-order valence-corrected chi connectivity index (χ3v) is 3.42. The molecule has 6 nitrogen and oxygen atoms in total. The highest BCUT2D eigenvalue weighted by molar-refractivity contribution is 5.93. The number of aryl methyl sites for hydroxylation is 1. The minimum absolute atomic E-state index is 0.0501. The minimum atomic E-state index is -0.365. The Morgan fingerprint density at radius 1 is 1.55 bits per heavy atom. The van der Waals surface area contributed by atoms with Crippen LogP contribution in [0.2, 0.25) is 0 Å². The zero-order valence-corrected chi connectivity index (χ0v) is 11.8. The normalized spacial score (nSPS) is 12.4. The highest BCUT2D eigenvalue weighted by Crippen LogP contribution is 2.05. The van der Waals surface area contributed by atoms with E-state index in [0.29, 0.717) is 12.2 Å². The average molecular weight is 274 g/mol. The van der Waals surface area contributed by atoms with Crippen molar-refractivity contribution in [2.75, 3.05) is 13.6 Å². The van der Waals surface area contributed by atoms with Crippen molar-refractivity contribution in [2.45, 2.75) is 19.9 Å². The average Bonchev–Trinajstić information content (AvgIpc) is 2.45. The van der Waals surface area contributed by atoms with Gasteiger partial charge in [-0.25, -0.2) is 4.98 Å². The summed E-state index contributed by atoms with van der Waals surface area (Å²) < 4.78 is 1.38. The molecular weight excluding hydrogens is 256 g/mol. The maximum absolute atomic E-state index is 12.3. The standard InChI is InChI=1S/C14H18N4O2/c1-9-4-5-18-12(6-9)16-8-11(14(18)20)13(19)17(3)10(2)7-15/h4-6,8,10H,7,15H2,1-3H3. The van der Waals surface area contributed by atoms with E-state index in [4.69, 9.17) is 5.73 Å². The molecule has 0 radical (unpaired) electrons. The van der Waals surface area contributed by atoms with Crippen LogP contribution in [0.25, 0.3) is 5.65 Å². The van der Waals surface area contributed by atoms with Gasteiger partial charge >= 0.3 is 0 Å². The number of fused-ring (bicyclic) bond motifs is 1. The summed E-state index contributed by atoms with van der Waals surface area (Å²) in [4.78, 5) is 30.3. The fourth-order valence-electron chi connectivity index (χ4n) is 1.87. The fraction of sp³-hybridized carbons (Fsp3) is 0.357. The molecule has 2 aromatic rings. The minimum Gasteiger partial charge on any atom is -0.338 e. The SMILES string of the molecule is Cc1ccn2c(=O)c(C(=O)N(C)C(C)CN)cnc2c1. The molecule has 2 rings (SSSR count). The number of nitrogens with two attached hydrogens (primary N) is 1. The lowest BCUT2D eigenvalue weighted by atomic mass is 10.2. The number of rotatable bonds is 3. The summed E-state index contributed by atoms with van der Waals surface area (Å²) in [5.74, 6) is -0.365. The highest BCUT2D eigenvalue weighted by atomic mass is 16.2. The summed E-state index contributed by atoms with van der Waals surface area (Å²) in [6.45, 7) is 4.08. The van der Waals surface area contributed by atoms with Gasteiger partial charge in [0.25, 0.3) is 11.5 Å². The predicted octanol–water partition coefficient (Wildman–Crippen LogP) is 0.422. The zero-order chi connectivity index (χ0) is 14.9. The second kappa shape index (κ2) is 5.42. The molecule has 0 fully saturated rings. The van der Waals surface area contributed by atoms with E-state index in [1.165, 1.54) is 15.5 Å². The van der Waals surface area contributed by atoms with Gasteiger partial charge in [-0.05, 0) is 31.5 Å². The molecule has 1 unspecified atom stereocenters. The quantitative estimate of drug-likeness (QED) is 0.879. The molecule has 0 bridgehead atoms. The van der Waals surface area contributed by atoms with Crippen LogP contribution in [0.3, 0.4) is 0 Å². The molecule has 106 valence electrons. The van der Waals surface area contributed by atoms with Gasteiger partial charge in [-0.15, -0.1) is 0 Å². The Hall–Kier alpha value is -2.21. The van der Waals surface area contributed by atoms with Gasteiger partial charge in [-0.1, -0.05) is 0 Å². The summed E-state index contributed by atoms with van der Waals surface area (Å²) in [7, 11) is 1.63. The van der Waals surface area contributed by atoms with Crippen molar-refractivity contribution in [3.63, 3.8) is 0 Å². The smallest absolute Gasteiger partial charge is 0.270 e. The second-order valence-electron chi connectivity index (χ2n) is 4.91. The van der Waals surface area contributed by atoms with Crippen LogP contribution in [0, 0.1) is 6.92 Å². The summed E-state index contributed by atoms with van der Waals surface area (Å²) in [5.41, 5.74) is 6.76. The van der Waals surface area contributed by atoms with E-state index in [-0.39, 0.29) is 23.1 Å². The number of carbonyl (C=O) groups excluding carboxylic acids is 1. The van der Waals surface area contributed by atoms with Crippen LogP contribution in [-0.4, -0.2) is 39.8 Å². The van der Waals surface area contributed by atoms with Gasteiger partial charge in [-0.2, -0.15) is 0 Å². The van der Waals surface area contributed by atoms with Gasteiger partial charge < -0.3 is 10.6 Å². The Balaban J connectivity index is 2.51. The predicted molar refractivity (Wildman–Crippen MR) is 76.8 cm³/mol. The molecule has 2 N–H and O–H groups in total. The van der Waals surface area contributed by atoms with Crippen molar-refractivity contribution >= 4 is 11.6 Å². The van der Waals surface area contributed by atoms with Crippen molar-refractivity contribution < 1.29 is 4.79 Å². The molecule has 0 aliphatic heterocycles. The number of aromatic nitrogens is 2. The maximum Gasteiger partial charge on any atom is 0.270 e. The van der Waals surface area contributed by atoms with E-state index in [9.17, 15) is 9.59 Å². The van der Waals surface area contributed by atoms with Gasteiger partial charge in [0.15, 0.2) is 0 Å². The van der Waals surface area contributed by atoms with E-state index in [2.05, 4.69) is 4.98 Å². The third-order valence-electron chi connectivity index (χ3n) is 3.42. The third kappa shape index (κ3) is 2.42. The van der Waals surface area contributed by atoms with E-state index >= 15 is 0 Å². The van der Waals surface area contributed by atoms with Crippen LogP contribution in [0.5, 0.6) is 0 Å². The number of nitrogens with zero attached hydrogens (tertiary/aromatic N) is 3. The molecule has 0 aliphatic rings. The van der Waals surface area contributed by atoms with E-state index in [0.717, 1.165) is 5.56 Å². The number of likely N-dealkylation sites (N-methyl/N-ethyl adjacent to an activating group) is 1. The molecule has 20 heavy (non-hydrogen) atoms. The Morgan fingerprint density at radius 2 is 2.25 bits per heavy atom. The molecule has 0 saturated carbocycles. The van der Waals surface area contributed by atoms with Crippen LogP contribution in [0.4, 0.5) is 0 Å². The Labute approximate surface area is 116 Å². The lowest BCUT2D eigenvalue weighted by molar-refractivity contribution is 0.0746. The lowest BCUT2D eigenvalue weighted by Gasteiger charge is -2.23. The number of hydrogen-bond donors (Lipinski definition) is 1. The van der Waals surface area contributed by atoms with Gasteiger partial charge in [0, 0.05) is 32.0 Å². The molecule has 0 aliphatic carbocycles. The first-order valence-corrected chi connectivity index (χ1v) is 6.41. The van der Waals surface area contributed by atoms with Crippen LogP contribution in [0.1, 0.15) is 22.8 Å². The van der Waals surface area contributed by atoms with Crippen LogP contribution < -0.4 is 11.3 Å². The zero-order valence-electron chi connectivity index (χ0n) is 11.8. The van der Waals surface area contributed by atoms with E-state index in [1.54, 1.807) is 25.4 Å². The van der Waals surface area contributed by atoms with E-state index in [1.807, 2.05) is 13.8 Å². The Kier molecular flexibility index (Phi) is 3.85. The first kappa shape index (κ1) is 14.2. The largest absolute Gasteiger partial charge is 0.338 e. The van der Waals surface area contributed by atoms with Gasteiger partial charge in [0.1, 0.15) is 11.2 Å². The molecule has 0 saturated heterocycles. The number of pyridine rings is 1. The first-order valence-electron chi connectivity index (χ1n) is 6.41. The van der Waals surface area contributed by atoms with Crippen molar-refractivity contribution in [3.05, 3.63) is 46.0 Å². The summed E-state index contributed by atoms with van der Waals surface area (Å²) >= 11 is 0. The van der Waals surface area contributed by atoms with Crippen molar-refractivity contribution in [1.29, 1.82) is 0 Å². The van der Waals surface area contributed by atoms with E-state index < -0.39 is 0 Å². The van der Waals surface area contributed by atoms with Crippen LogP contribution >= 0.6 is 0 Å². The fourth-order valence-corrected chi connectivity index (χ4v) is 1.87. The van der Waals surface area contributed by atoms with Gasteiger partial charge in [0.2, 0.25) is 0 Å². The maximum atomic E-state index is 12.3. The Bertz CT molecular complexity index is 708. The van der Waals surface area contributed by atoms with Crippen LogP contribution in [0.15, 0.2) is 29.3 Å². The summed E-state index contributed by atoms with van der Waals surface area (Å²) in [6, 6.07) is 3.46. The lowest BCUT2D eigenvalue weighted by Crippen LogP contribution is -2.42. The van der Waals surface area contributed by atoms with Crippen molar-refractivity contribution in [2.24, 2.45) is 5.73 Å². The highest BCUT2D eigenvalue weighted by Gasteiger charge is 2.20. The molecule has 1 amide bonds. The Morgan fingerprint density at radius 3 is 2.90 bits per heavy atom. The molecule has 6 heteroatoms. The van der Waals surface area contributed by atoms with Crippen LogP contribution in [-0.2, 0) is 0 Å². The molecule has 2 aromatic heterocycles. The number of amides is 1. The summed E-state index contributed by atoms with van der Waals surface area (Å²) in [5, 5.41) is 0. The van der Waals surface area contributed by atoms with Gasteiger partial charge in [-0.3, -0.25) is 14.0 Å². The second-order valence-corrected chi connectivity index (χ2v) is 4.91.